The number of fused-ring (bicyclic) bond motifs is 2. The summed E-state index contributed by atoms with van der Waals surface area (Å²) in [6.45, 7) is 0.359. The first-order valence-electron chi connectivity index (χ1n) is 9.89. The molecular formula is C24H18F2N2O2S. The lowest BCUT2D eigenvalue weighted by atomic mass is 10.0. The predicted molar refractivity (Wildman–Crippen MR) is 116 cm³/mol. The summed E-state index contributed by atoms with van der Waals surface area (Å²) < 4.78 is 28.7. The fraction of sp³-hybridized carbons (Fsp3) is 0.167. The van der Waals surface area contributed by atoms with Gasteiger partial charge < -0.3 is 9.80 Å². The third-order valence-electron chi connectivity index (χ3n) is 5.74. The van der Waals surface area contributed by atoms with Crippen LogP contribution in [0.15, 0.2) is 72.8 Å². The van der Waals surface area contributed by atoms with E-state index in [2.05, 4.69) is 0 Å². The number of carbonyl (C=O) groups excluding carboxylic acids is 2. The van der Waals surface area contributed by atoms with Gasteiger partial charge >= 0.3 is 0 Å². The van der Waals surface area contributed by atoms with Crippen LogP contribution >= 0.6 is 11.8 Å². The summed E-state index contributed by atoms with van der Waals surface area (Å²) in [6, 6.07) is 19.3. The summed E-state index contributed by atoms with van der Waals surface area (Å²) in [5, 5.41) is 0. The Balaban J connectivity index is 1.60. The maximum absolute atomic E-state index is 14.4. The quantitative estimate of drug-likeness (QED) is 0.605. The molecule has 0 aliphatic carbocycles. The zero-order valence-electron chi connectivity index (χ0n) is 16.4. The molecule has 2 heterocycles. The van der Waals surface area contributed by atoms with Crippen LogP contribution in [0.2, 0.25) is 0 Å². The molecule has 7 heteroatoms. The van der Waals surface area contributed by atoms with Crippen molar-refractivity contribution in [2.75, 3.05) is 17.2 Å². The average molecular weight is 436 g/mol. The summed E-state index contributed by atoms with van der Waals surface area (Å²) >= 11 is 1.36. The van der Waals surface area contributed by atoms with Gasteiger partial charge in [-0.3, -0.25) is 9.59 Å². The van der Waals surface area contributed by atoms with E-state index in [1.165, 1.54) is 45.8 Å². The maximum atomic E-state index is 14.4. The third-order valence-corrected chi connectivity index (χ3v) is 7.16. The van der Waals surface area contributed by atoms with Crippen molar-refractivity contribution in [1.29, 1.82) is 0 Å². The van der Waals surface area contributed by atoms with Crippen molar-refractivity contribution in [3.05, 3.63) is 101 Å². The maximum Gasteiger partial charge on any atom is 0.268 e. The van der Waals surface area contributed by atoms with Crippen molar-refractivity contribution < 1.29 is 18.4 Å². The molecule has 2 amide bonds. The van der Waals surface area contributed by atoms with Crippen LogP contribution in [-0.2, 0) is 16.2 Å². The van der Waals surface area contributed by atoms with Crippen molar-refractivity contribution in [2.24, 2.45) is 0 Å². The van der Waals surface area contributed by atoms with Crippen LogP contribution in [0.4, 0.5) is 14.5 Å². The first-order valence-corrected chi connectivity index (χ1v) is 10.9. The molecular weight excluding hydrogens is 418 g/mol. The van der Waals surface area contributed by atoms with Gasteiger partial charge in [0.25, 0.3) is 11.8 Å². The number of amides is 2. The molecule has 1 saturated heterocycles. The Kier molecular flexibility index (Phi) is 4.78. The van der Waals surface area contributed by atoms with Crippen LogP contribution in [0.3, 0.4) is 0 Å². The summed E-state index contributed by atoms with van der Waals surface area (Å²) in [7, 11) is 0. The van der Waals surface area contributed by atoms with E-state index in [1.54, 1.807) is 30.3 Å². The van der Waals surface area contributed by atoms with Crippen LogP contribution in [-0.4, -0.2) is 29.0 Å². The second kappa shape index (κ2) is 7.50. The molecule has 0 radical (unpaired) electrons. The van der Waals surface area contributed by atoms with Crippen LogP contribution < -0.4 is 4.90 Å². The molecule has 2 aliphatic rings. The second-order valence-corrected chi connectivity index (χ2v) is 8.72. The zero-order valence-corrected chi connectivity index (χ0v) is 17.2. The molecule has 3 aromatic rings. The molecule has 0 bridgehead atoms. The Morgan fingerprint density at radius 3 is 2.39 bits per heavy atom. The molecule has 2 aliphatic heterocycles. The number of thioether (sulfide) groups is 1. The van der Waals surface area contributed by atoms with Gasteiger partial charge in [0.05, 0.1) is 17.8 Å². The van der Waals surface area contributed by atoms with Crippen molar-refractivity contribution in [3.63, 3.8) is 0 Å². The molecule has 1 fully saturated rings. The lowest BCUT2D eigenvalue weighted by Crippen LogP contribution is -2.50. The first-order chi connectivity index (χ1) is 15.0. The summed E-state index contributed by atoms with van der Waals surface area (Å²) in [4.78, 5) is 28.9. The third kappa shape index (κ3) is 2.95. The van der Waals surface area contributed by atoms with Gasteiger partial charge in [0.15, 0.2) is 4.87 Å². The molecule has 5 rings (SSSR count). The largest absolute Gasteiger partial charge is 0.311 e. The highest BCUT2D eigenvalue weighted by molar-refractivity contribution is 8.01. The van der Waals surface area contributed by atoms with Gasteiger partial charge in [-0.1, -0.05) is 48.5 Å². The van der Waals surface area contributed by atoms with Crippen molar-refractivity contribution >= 4 is 29.3 Å². The van der Waals surface area contributed by atoms with E-state index in [4.69, 9.17) is 0 Å². The normalized spacial score (nSPS) is 19.9. The molecule has 31 heavy (non-hydrogen) atoms. The van der Waals surface area contributed by atoms with Crippen LogP contribution in [0.1, 0.15) is 21.5 Å². The highest BCUT2D eigenvalue weighted by Gasteiger charge is 2.59. The van der Waals surface area contributed by atoms with E-state index in [-0.39, 0.29) is 18.0 Å². The number of nitrogens with zero attached hydrogens (tertiary/aromatic N) is 2. The molecule has 0 aromatic heterocycles. The zero-order chi connectivity index (χ0) is 21.6. The Labute approximate surface area is 182 Å². The summed E-state index contributed by atoms with van der Waals surface area (Å²) in [5.74, 6) is -1.33. The van der Waals surface area contributed by atoms with E-state index < -0.39 is 22.4 Å². The monoisotopic (exact) mass is 436 g/mol. The minimum Gasteiger partial charge on any atom is -0.311 e. The van der Waals surface area contributed by atoms with E-state index >= 15 is 0 Å². The van der Waals surface area contributed by atoms with Gasteiger partial charge in [-0.15, -0.1) is 11.8 Å². The number of rotatable bonds is 3. The molecule has 3 aromatic carbocycles. The van der Waals surface area contributed by atoms with Crippen molar-refractivity contribution in [2.45, 2.75) is 11.4 Å². The molecule has 4 nitrogen and oxygen atoms in total. The van der Waals surface area contributed by atoms with Gasteiger partial charge in [0.2, 0.25) is 0 Å². The van der Waals surface area contributed by atoms with E-state index in [0.717, 1.165) is 0 Å². The topological polar surface area (TPSA) is 40.6 Å². The summed E-state index contributed by atoms with van der Waals surface area (Å²) in [5.41, 5.74) is 1.62. The number of benzene rings is 3. The Morgan fingerprint density at radius 1 is 0.935 bits per heavy atom. The van der Waals surface area contributed by atoms with Crippen molar-refractivity contribution in [3.8, 4) is 0 Å². The highest BCUT2D eigenvalue weighted by atomic mass is 32.2. The molecule has 0 saturated carbocycles. The van der Waals surface area contributed by atoms with E-state index in [1.807, 2.05) is 18.2 Å². The Hall–Kier alpha value is -3.19. The van der Waals surface area contributed by atoms with Gasteiger partial charge in [-0.05, 0) is 24.3 Å². The summed E-state index contributed by atoms with van der Waals surface area (Å²) in [6.07, 6.45) is 0. The first kappa shape index (κ1) is 19.8. The van der Waals surface area contributed by atoms with Gasteiger partial charge in [0, 0.05) is 23.4 Å². The lowest BCUT2D eigenvalue weighted by Gasteiger charge is -2.33. The van der Waals surface area contributed by atoms with Crippen LogP contribution in [0.25, 0.3) is 0 Å². The van der Waals surface area contributed by atoms with Crippen molar-refractivity contribution in [1.82, 2.24) is 4.90 Å². The minimum atomic E-state index is -1.29. The number of hydrogen-bond donors (Lipinski definition) is 0. The SMILES string of the molecule is O=C(c1ccccc1F)N1CCS[C@@]12C(=O)N(Cc1ccccc1F)c1ccccc12. The minimum absolute atomic E-state index is 0.0482. The van der Waals surface area contributed by atoms with E-state index in [9.17, 15) is 18.4 Å². The fourth-order valence-corrected chi connectivity index (χ4v) is 5.76. The molecule has 1 spiro atoms. The molecule has 0 N–H and O–H groups in total. The predicted octanol–water partition coefficient (Wildman–Crippen LogP) is 4.55. The second-order valence-electron chi connectivity index (χ2n) is 7.43. The number of para-hydroxylation sites is 1. The number of hydrogen-bond acceptors (Lipinski definition) is 3. The standard InChI is InChI=1S/C24H18F2N2O2S/c25-19-10-4-1-7-16(19)15-27-21-12-6-3-9-18(21)24(23(27)30)28(13-14-31-24)22(29)17-8-2-5-11-20(17)26/h1-12H,13-15H2/t24-/m0/s1. The van der Waals surface area contributed by atoms with Crippen LogP contribution in [0.5, 0.6) is 0 Å². The average Bonchev–Trinajstić information content (AvgIpc) is 3.32. The highest BCUT2D eigenvalue weighted by Crippen LogP contribution is 2.54. The van der Waals surface area contributed by atoms with Gasteiger partial charge in [-0.2, -0.15) is 0 Å². The number of carbonyl (C=O) groups is 2. The number of anilines is 1. The molecule has 1 atom stereocenters. The van der Waals surface area contributed by atoms with Crippen LogP contribution in [0, 0.1) is 11.6 Å². The van der Waals surface area contributed by atoms with Gasteiger partial charge in [-0.25, -0.2) is 8.78 Å². The molecule has 156 valence electrons. The van der Waals surface area contributed by atoms with Gasteiger partial charge in [0.1, 0.15) is 11.6 Å². The molecule has 0 unspecified atom stereocenters. The number of halogens is 2. The smallest absolute Gasteiger partial charge is 0.268 e. The Morgan fingerprint density at radius 2 is 1.61 bits per heavy atom. The Bertz CT molecular complexity index is 1200. The van der Waals surface area contributed by atoms with E-state index in [0.29, 0.717) is 29.1 Å². The lowest BCUT2D eigenvalue weighted by molar-refractivity contribution is -0.123. The fourth-order valence-electron chi connectivity index (χ4n) is 4.30.